The van der Waals surface area contributed by atoms with Gasteiger partial charge >= 0.3 is 0 Å². The summed E-state index contributed by atoms with van der Waals surface area (Å²) in [6.07, 6.45) is 0.751. The molecule has 2 heterocycles. The molecule has 0 radical (unpaired) electrons. The molecule has 0 saturated carbocycles. The lowest BCUT2D eigenvalue weighted by Gasteiger charge is -2.13. The Labute approximate surface area is 208 Å². The number of para-hydroxylation sites is 2. The maximum atomic E-state index is 12.9. The molecular formula is C27H25N5O2S. The predicted molar refractivity (Wildman–Crippen MR) is 137 cm³/mol. The van der Waals surface area contributed by atoms with Gasteiger partial charge in [0.1, 0.15) is 12.4 Å². The first kappa shape index (κ1) is 22.9. The van der Waals surface area contributed by atoms with Crippen LogP contribution in [0.5, 0.6) is 5.75 Å². The fourth-order valence-corrected chi connectivity index (χ4v) is 4.70. The van der Waals surface area contributed by atoms with Crippen molar-refractivity contribution >= 4 is 23.4 Å². The number of nitrogens with zero attached hydrogens (tertiary/aromatic N) is 5. The molecule has 3 aromatic carbocycles. The van der Waals surface area contributed by atoms with Gasteiger partial charge in [-0.15, -0.1) is 10.2 Å². The van der Waals surface area contributed by atoms with Crippen molar-refractivity contribution in [2.45, 2.75) is 25.1 Å². The van der Waals surface area contributed by atoms with E-state index in [-0.39, 0.29) is 18.3 Å². The largest absolute Gasteiger partial charge is 0.485 e. The van der Waals surface area contributed by atoms with Crippen molar-refractivity contribution in [3.63, 3.8) is 0 Å². The van der Waals surface area contributed by atoms with Gasteiger partial charge in [-0.3, -0.25) is 9.36 Å². The van der Waals surface area contributed by atoms with Crippen LogP contribution in [0.1, 0.15) is 23.4 Å². The van der Waals surface area contributed by atoms with Gasteiger partial charge in [-0.2, -0.15) is 5.10 Å². The van der Waals surface area contributed by atoms with Crippen LogP contribution in [0.15, 0.2) is 95.2 Å². The number of carbonyl (C=O) groups excluding carboxylic acids is 1. The van der Waals surface area contributed by atoms with Gasteiger partial charge in [0.2, 0.25) is 0 Å². The molecule has 0 N–H and O–H groups in total. The van der Waals surface area contributed by atoms with E-state index in [0.717, 1.165) is 34.7 Å². The van der Waals surface area contributed by atoms with E-state index < -0.39 is 0 Å². The fraction of sp³-hybridized carbons (Fsp3) is 0.185. The standard InChI is InChI=1S/C27H25N5O2S/c1-20-10-8-9-15-24(20)34-18-25-28-29-27(32(25)22-13-6-3-7-14-22)35-19-26(33)31-17-16-23(30-31)21-11-4-2-5-12-21/h2-15H,16-19H2,1H3. The minimum atomic E-state index is -0.0544. The van der Waals surface area contributed by atoms with Crippen LogP contribution in [0.4, 0.5) is 0 Å². The molecule has 0 aliphatic carbocycles. The molecule has 1 aromatic heterocycles. The highest BCUT2D eigenvalue weighted by atomic mass is 32.2. The molecule has 0 unspecified atom stereocenters. The van der Waals surface area contributed by atoms with E-state index in [9.17, 15) is 4.79 Å². The zero-order chi connectivity index (χ0) is 24.0. The molecule has 4 aromatic rings. The molecule has 0 saturated heterocycles. The Bertz CT molecular complexity index is 1340. The summed E-state index contributed by atoms with van der Waals surface area (Å²) >= 11 is 1.35. The Kier molecular flexibility index (Phi) is 6.90. The maximum absolute atomic E-state index is 12.9. The van der Waals surface area contributed by atoms with Crippen LogP contribution in [0.2, 0.25) is 0 Å². The molecule has 1 amide bonds. The second-order valence-corrected chi connectivity index (χ2v) is 9.03. The predicted octanol–water partition coefficient (Wildman–Crippen LogP) is 4.88. The Balaban J connectivity index is 1.31. The van der Waals surface area contributed by atoms with E-state index in [1.54, 1.807) is 5.01 Å². The lowest BCUT2D eigenvalue weighted by Crippen LogP contribution is -2.25. The number of rotatable bonds is 8. The number of aromatic nitrogens is 3. The molecule has 35 heavy (non-hydrogen) atoms. The first-order valence-electron chi connectivity index (χ1n) is 11.4. The fourth-order valence-electron chi connectivity index (χ4n) is 3.86. The monoisotopic (exact) mass is 483 g/mol. The number of thioether (sulfide) groups is 1. The Morgan fingerprint density at radius 1 is 0.943 bits per heavy atom. The van der Waals surface area contributed by atoms with Gasteiger partial charge in [-0.25, -0.2) is 5.01 Å². The summed E-state index contributed by atoms with van der Waals surface area (Å²) < 4.78 is 7.98. The first-order chi connectivity index (χ1) is 17.2. The number of aryl methyl sites for hydroxylation is 1. The smallest absolute Gasteiger partial charge is 0.253 e. The van der Waals surface area contributed by atoms with E-state index in [1.807, 2.05) is 96.4 Å². The number of hydrogen-bond donors (Lipinski definition) is 0. The van der Waals surface area contributed by atoms with Gasteiger partial charge in [0, 0.05) is 12.1 Å². The number of benzene rings is 3. The Morgan fingerprint density at radius 2 is 1.66 bits per heavy atom. The minimum Gasteiger partial charge on any atom is -0.485 e. The first-order valence-corrected chi connectivity index (χ1v) is 12.4. The SMILES string of the molecule is Cc1ccccc1OCc1nnc(SCC(=O)N2CCC(c3ccccc3)=N2)n1-c1ccccc1. The average Bonchev–Trinajstić information content (AvgIpc) is 3.56. The molecule has 1 aliphatic rings. The van der Waals surface area contributed by atoms with Crippen LogP contribution in [0.3, 0.4) is 0 Å². The van der Waals surface area contributed by atoms with Crippen molar-refractivity contribution < 1.29 is 9.53 Å². The molecule has 0 fully saturated rings. The van der Waals surface area contributed by atoms with E-state index in [4.69, 9.17) is 4.74 Å². The van der Waals surface area contributed by atoms with Crippen LogP contribution in [-0.2, 0) is 11.4 Å². The molecule has 0 bridgehead atoms. The quantitative estimate of drug-likeness (QED) is 0.334. The maximum Gasteiger partial charge on any atom is 0.253 e. The summed E-state index contributed by atoms with van der Waals surface area (Å²) in [6, 6.07) is 27.7. The number of amides is 1. The van der Waals surface area contributed by atoms with Crippen LogP contribution in [0.25, 0.3) is 5.69 Å². The summed E-state index contributed by atoms with van der Waals surface area (Å²) in [4.78, 5) is 12.9. The van der Waals surface area contributed by atoms with Gasteiger partial charge in [0.05, 0.1) is 18.0 Å². The van der Waals surface area contributed by atoms with Gasteiger partial charge in [-0.05, 0) is 36.2 Å². The molecule has 8 heteroatoms. The molecule has 1 aliphatic heterocycles. The topological polar surface area (TPSA) is 72.6 Å². The highest BCUT2D eigenvalue weighted by molar-refractivity contribution is 7.99. The summed E-state index contributed by atoms with van der Waals surface area (Å²) in [7, 11) is 0. The highest BCUT2D eigenvalue weighted by Gasteiger charge is 2.23. The van der Waals surface area contributed by atoms with Crippen molar-refractivity contribution in [1.29, 1.82) is 0 Å². The van der Waals surface area contributed by atoms with Crippen LogP contribution in [-0.4, -0.2) is 43.7 Å². The van der Waals surface area contributed by atoms with Crippen molar-refractivity contribution in [1.82, 2.24) is 19.8 Å². The van der Waals surface area contributed by atoms with Gasteiger partial charge in [-0.1, -0.05) is 78.5 Å². The molecule has 0 atom stereocenters. The molecular weight excluding hydrogens is 458 g/mol. The number of carbonyl (C=O) groups is 1. The van der Waals surface area contributed by atoms with Crippen LogP contribution >= 0.6 is 11.8 Å². The van der Waals surface area contributed by atoms with Crippen molar-refractivity contribution in [3.05, 3.63) is 102 Å². The Hall–Kier alpha value is -3.91. The third kappa shape index (κ3) is 5.27. The zero-order valence-electron chi connectivity index (χ0n) is 19.4. The van der Waals surface area contributed by atoms with Crippen LogP contribution in [0, 0.1) is 6.92 Å². The van der Waals surface area contributed by atoms with E-state index in [1.165, 1.54) is 11.8 Å². The summed E-state index contributed by atoms with van der Waals surface area (Å²) in [6.45, 7) is 2.86. The molecule has 176 valence electrons. The number of hydrogen-bond acceptors (Lipinski definition) is 6. The van der Waals surface area contributed by atoms with Crippen LogP contribution < -0.4 is 4.74 Å². The lowest BCUT2D eigenvalue weighted by atomic mass is 10.1. The van der Waals surface area contributed by atoms with E-state index in [2.05, 4.69) is 15.3 Å². The average molecular weight is 484 g/mol. The third-order valence-corrected chi connectivity index (χ3v) is 6.60. The Morgan fingerprint density at radius 3 is 2.43 bits per heavy atom. The van der Waals surface area contributed by atoms with Crippen molar-refractivity contribution in [2.75, 3.05) is 12.3 Å². The molecule has 0 spiro atoms. The third-order valence-electron chi connectivity index (χ3n) is 5.69. The van der Waals surface area contributed by atoms with Crippen molar-refractivity contribution in [3.8, 4) is 11.4 Å². The second kappa shape index (κ2) is 10.6. The summed E-state index contributed by atoms with van der Waals surface area (Å²) in [5.41, 5.74) is 3.96. The summed E-state index contributed by atoms with van der Waals surface area (Å²) in [5.74, 6) is 1.64. The minimum absolute atomic E-state index is 0.0544. The number of ether oxygens (including phenoxy) is 1. The second-order valence-electron chi connectivity index (χ2n) is 8.09. The lowest BCUT2D eigenvalue weighted by molar-refractivity contribution is -0.127. The van der Waals surface area contributed by atoms with Gasteiger partial charge < -0.3 is 4.74 Å². The normalized spacial score (nSPS) is 13.1. The summed E-state index contributed by atoms with van der Waals surface area (Å²) in [5, 5.41) is 15.5. The van der Waals surface area contributed by atoms with Gasteiger partial charge in [0.15, 0.2) is 11.0 Å². The van der Waals surface area contributed by atoms with Gasteiger partial charge in [0.25, 0.3) is 5.91 Å². The molecule has 5 rings (SSSR count). The van der Waals surface area contributed by atoms with E-state index >= 15 is 0 Å². The highest BCUT2D eigenvalue weighted by Crippen LogP contribution is 2.25. The number of hydrazone groups is 1. The zero-order valence-corrected chi connectivity index (χ0v) is 20.2. The van der Waals surface area contributed by atoms with E-state index in [0.29, 0.717) is 17.5 Å². The molecule has 7 nitrogen and oxygen atoms in total. The van der Waals surface area contributed by atoms with Crippen molar-refractivity contribution in [2.24, 2.45) is 5.10 Å².